The van der Waals surface area contributed by atoms with Crippen LogP contribution in [0.25, 0.3) is 0 Å². The molecule has 6 nitrogen and oxygen atoms in total. The molecule has 7 heteroatoms. The predicted octanol–water partition coefficient (Wildman–Crippen LogP) is 3.76. The fraction of sp³-hybridized carbons (Fsp3) is 0.0476. The van der Waals surface area contributed by atoms with Crippen molar-refractivity contribution in [2.24, 2.45) is 0 Å². The molecule has 0 aliphatic carbocycles. The van der Waals surface area contributed by atoms with Gasteiger partial charge in [0.2, 0.25) is 0 Å². The maximum Gasteiger partial charge on any atom is 0.338 e. The number of benzene rings is 2. The standard InChI is InChI=1S/C21H15ClN2O4/c22-17-10-11-18(23-12-17)24-19(25)13-28-21(27)16-8-6-15(7-9-16)20(26)14-4-2-1-3-5-14/h1-12H,13H2,(H,23,24,25). The number of halogens is 1. The molecule has 0 radical (unpaired) electrons. The summed E-state index contributed by atoms with van der Waals surface area (Å²) in [5.74, 6) is -1.04. The first-order chi connectivity index (χ1) is 13.5. The third kappa shape index (κ3) is 5.02. The second kappa shape index (κ2) is 8.92. The van der Waals surface area contributed by atoms with Gasteiger partial charge in [-0.05, 0) is 24.3 Å². The fourth-order valence-corrected chi connectivity index (χ4v) is 2.47. The lowest BCUT2D eigenvalue weighted by atomic mass is 10.0. The van der Waals surface area contributed by atoms with Gasteiger partial charge in [0.15, 0.2) is 12.4 Å². The number of pyridine rings is 1. The minimum Gasteiger partial charge on any atom is -0.452 e. The Bertz CT molecular complexity index is 987. The highest BCUT2D eigenvalue weighted by Gasteiger charge is 2.13. The molecule has 0 bridgehead atoms. The first kappa shape index (κ1) is 19.3. The summed E-state index contributed by atoms with van der Waals surface area (Å²) in [6, 6.07) is 18.0. The van der Waals surface area contributed by atoms with Crippen LogP contribution < -0.4 is 5.32 Å². The van der Waals surface area contributed by atoms with E-state index < -0.39 is 18.5 Å². The zero-order chi connectivity index (χ0) is 19.9. The molecule has 140 valence electrons. The summed E-state index contributed by atoms with van der Waals surface area (Å²) in [7, 11) is 0. The number of carbonyl (C=O) groups excluding carboxylic acids is 3. The second-order valence-electron chi connectivity index (χ2n) is 5.76. The van der Waals surface area contributed by atoms with E-state index in [1.165, 1.54) is 24.4 Å². The second-order valence-corrected chi connectivity index (χ2v) is 6.19. The van der Waals surface area contributed by atoms with Crippen molar-refractivity contribution in [3.63, 3.8) is 0 Å². The van der Waals surface area contributed by atoms with Crippen molar-refractivity contribution in [2.75, 3.05) is 11.9 Å². The number of carbonyl (C=O) groups is 3. The lowest BCUT2D eigenvalue weighted by Gasteiger charge is -2.07. The van der Waals surface area contributed by atoms with Crippen LogP contribution >= 0.6 is 11.6 Å². The van der Waals surface area contributed by atoms with E-state index in [1.54, 1.807) is 42.5 Å². The summed E-state index contributed by atoms with van der Waals surface area (Å²) >= 11 is 5.72. The van der Waals surface area contributed by atoms with E-state index in [0.717, 1.165) is 0 Å². The first-order valence-electron chi connectivity index (χ1n) is 8.31. The van der Waals surface area contributed by atoms with Gasteiger partial charge in [-0.3, -0.25) is 9.59 Å². The van der Waals surface area contributed by atoms with E-state index in [-0.39, 0.29) is 11.3 Å². The molecule has 0 fully saturated rings. The maximum atomic E-state index is 12.4. The van der Waals surface area contributed by atoms with Crippen molar-refractivity contribution < 1.29 is 19.1 Å². The summed E-state index contributed by atoms with van der Waals surface area (Å²) in [5, 5.41) is 2.93. The van der Waals surface area contributed by atoms with Crippen LogP contribution in [0.4, 0.5) is 5.82 Å². The highest BCUT2D eigenvalue weighted by molar-refractivity contribution is 6.30. The highest BCUT2D eigenvalue weighted by Crippen LogP contribution is 2.12. The molecule has 0 aliphatic heterocycles. The number of hydrogen-bond acceptors (Lipinski definition) is 5. The number of ether oxygens (including phenoxy) is 1. The number of nitrogens with one attached hydrogen (secondary N) is 1. The normalized spacial score (nSPS) is 10.2. The molecule has 3 rings (SSSR count). The van der Waals surface area contributed by atoms with E-state index in [0.29, 0.717) is 22.0 Å². The monoisotopic (exact) mass is 394 g/mol. The van der Waals surface area contributed by atoms with Gasteiger partial charge < -0.3 is 10.1 Å². The van der Waals surface area contributed by atoms with Crippen LogP contribution in [0.2, 0.25) is 5.02 Å². The molecule has 0 spiro atoms. The van der Waals surface area contributed by atoms with E-state index >= 15 is 0 Å². The van der Waals surface area contributed by atoms with Gasteiger partial charge in [-0.2, -0.15) is 0 Å². The lowest BCUT2D eigenvalue weighted by Crippen LogP contribution is -2.21. The third-order valence-electron chi connectivity index (χ3n) is 3.75. The van der Waals surface area contributed by atoms with Crippen molar-refractivity contribution in [3.05, 3.63) is 94.6 Å². The highest BCUT2D eigenvalue weighted by atomic mass is 35.5. The molecule has 1 heterocycles. The fourth-order valence-electron chi connectivity index (χ4n) is 2.36. The van der Waals surface area contributed by atoms with Crippen LogP contribution in [0.3, 0.4) is 0 Å². The van der Waals surface area contributed by atoms with Gasteiger partial charge in [-0.25, -0.2) is 9.78 Å². The van der Waals surface area contributed by atoms with Crippen molar-refractivity contribution >= 4 is 35.1 Å². The molecular formula is C21H15ClN2O4. The number of rotatable bonds is 6. The number of nitrogens with zero attached hydrogens (tertiary/aromatic N) is 1. The smallest absolute Gasteiger partial charge is 0.338 e. The topological polar surface area (TPSA) is 85.4 Å². The average molecular weight is 395 g/mol. The van der Waals surface area contributed by atoms with E-state index in [9.17, 15) is 14.4 Å². The van der Waals surface area contributed by atoms with Gasteiger partial charge in [0.1, 0.15) is 5.82 Å². The molecule has 3 aromatic rings. The Morgan fingerprint density at radius 1 is 0.857 bits per heavy atom. The number of hydrogen-bond donors (Lipinski definition) is 1. The molecule has 0 saturated heterocycles. The summed E-state index contributed by atoms with van der Waals surface area (Å²) in [6.45, 7) is -0.464. The Balaban J connectivity index is 1.55. The quantitative estimate of drug-likeness (QED) is 0.508. The van der Waals surface area contributed by atoms with E-state index in [4.69, 9.17) is 16.3 Å². The minimum atomic E-state index is -0.669. The van der Waals surface area contributed by atoms with Crippen molar-refractivity contribution in [1.29, 1.82) is 0 Å². The largest absolute Gasteiger partial charge is 0.452 e. The Labute approximate surface area is 166 Å². The maximum absolute atomic E-state index is 12.4. The van der Waals surface area contributed by atoms with Crippen molar-refractivity contribution in [2.45, 2.75) is 0 Å². The van der Waals surface area contributed by atoms with Crippen LogP contribution in [0.15, 0.2) is 72.9 Å². The van der Waals surface area contributed by atoms with Crippen LogP contribution in [-0.4, -0.2) is 29.3 Å². The van der Waals surface area contributed by atoms with Crippen LogP contribution in [-0.2, 0) is 9.53 Å². The molecule has 1 amide bonds. The molecule has 1 aromatic heterocycles. The Hall–Kier alpha value is -3.51. The van der Waals surface area contributed by atoms with Gasteiger partial charge in [0, 0.05) is 17.3 Å². The zero-order valence-corrected chi connectivity index (χ0v) is 15.3. The Morgan fingerprint density at radius 3 is 2.14 bits per heavy atom. The third-order valence-corrected chi connectivity index (χ3v) is 3.97. The van der Waals surface area contributed by atoms with E-state index in [1.807, 2.05) is 6.07 Å². The summed E-state index contributed by atoms with van der Waals surface area (Å²) in [4.78, 5) is 40.2. The molecule has 0 atom stereocenters. The molecule has 0 unspecified atom stereocenters. The van der Waals surface area contributed by atoms with Crippen LogP contribution in [0.1, 0.15) is 26.3 Å². The summed E-state index contributed by atoms with van der Waals surface area (Å²) in [5.41, 5.74) is 1.25. The Morgan fingerprint density at radius 2 is 1.50 bits per heavy atom. The number of aromatic nitrogens is 1. The van der Waals surface area contributed by atoms with Gasteiger partial charge in [-0.1, -0.05) is 54.1 Å². The van der Waals surface area contributed by atoms with E-state index in [2.05, 4.69) is 10.3 Å². The average Bonchev–Trinajstić information content (AvgIpc) is 2.74. The number of esters is 1. The van der Waals surface area contributed by atoms with Crippen LogP contribution in [0.5, 0.6) is 0 Å². The lowest BCUT2D eigenvalue weighted by molar-refractivity contribution is -0.119. The van der Waals surface area contributed by atoms with Gasteiger partial charge in [0.25, 0.3) is 5.91 Å². The molecule has 1 N–H and O–H groups in total. The molecule has 2 aromatic carbocycles. The van der Waals surface area contributed by atoms with Gasteiger partial charge in [-0.15, -0.1) is 0 Å². The molecule has 28 heavy (non-hydrogen) atoms. The minimum absolute atomic E-state index is 0.143. The number of ketones is 1. The molecule has 0 aliphatic rings. The van der Waals surface area contributed by atoms with Gasteiger partial charge >= 0.3 is 5.97 Å². The predicted molar refractivity (Wildman–Crippen MR) is 104 cm³/mol. The summed E-state index contributed by atoms with van der Waals surface area (Å²) < 4.78 is 4.98. The first-order valence-corrected chi connectivity index (χ1v) is 8.69. The summed E-state index contributed by atoms with van der Waals surface area (Å²) in [6.07, 6.45) is 1.39. The SMILES string of the molecule is O=C(COC(=O)c1ccc(C(=O)c2ccccc2)cc1)Nc1ccc(Cl)cn1. The molecule has 0 saturated carbocycles. The van der Waals surface area contributed by atoms with Crippen molar-refractivity contribution in [1.82, 2.24) is 4.98 Å². The Kier molecular flexibility index (Phi) is 6.14. The zero-order valence-electron chi connectivity index (χ0n) is 14.6. The van der Waals surface area contributed by atoms with Crippen molar-refractivity contribution in [3.8, 4) is 0 Å². The van der Waals surface area contributed by atoms with Gasteiger partial charge in [0.05, 0.1) is 10.6 Å². The molecular weight excluding hydrogens is 380 g/mol. The number of anilines is 1. The number of amides is 1. The van der Waals surface area contributed by atoms with Crippen LogP contribution in [0, 0.1) is 0 Å².